The van der Waals surface area contributed by atoms with Crippen LogP contribution in [0.5, 0.6) is 0 Å². The van der Waals surface area contributed by atoms with Crippen LogP contribution in [0, 0.1) is 25.7 Å². The first-order chi connectivity index (χ1) is 26.7. The third-order valence-electron chi connectivity index (χ3n) is 8.46. The Morgan fingerprint density at radius 3 is 1.58 bits per heavy atom. The fourth-order valence-electron chi connectivity index (χ4n) is 5.91. The van der Waals surface area contributed by atoms with Gasteiger partial charge < -0.3 is 25.1 Å². The van der Waals surface area contributed by atoms with Gasteiger partial charge in [-0.3, -0.25) is 4.79 Å². The van der Waals surface area contributed by atoms with Crippen molar-refractivity contribution in [3.05, 3.63) is 83.5 Å². The fourth-order valence-corrected chi connectivity index (χ4v) is 5.91. The molecule has 6 rings (SSSR count). The molecule has 324 valence electrons. The van der Waals surface area contributed by atoms with Crippen LogP contribution < -0.4 is 5.32 Å². The lowest BCUT2D eigenvalue weighted by Crippen LogP contribution is -2.52. The van der Waals surface area contributed by atoms with Crippen molar-refractivity contribution in [2.75, 3.05) is 67.5 Å². The number of aliphatic carboxylic acids is 1. The molecule has 59 heavy (non-hydrogen) atoms. The van der Waals surface area contributed by atoms with E-state index in [4.69, 9.17) is 5.11 Å². The average molecular weight is 857 g/mol. The topological polar surface area (TPSA) is 138 Å². The summed E-state index contributed by atoms with van der Waals surface area (Å²) < 4.78 is 79.1. The number of carboxylic acid groups (broad SMARTS) is 1. The van der Waals surface area contributed by atoms with E-state index < -0.39 is 40.8 Å². The number of carbonyl (C=O) groups is 2. The molecule has 2 aliphatic heterocycles. The van der Waals surface area contributed by atoms with Crippen molar-refractivity contribution in [3.63, 3.8) is 0 Å². The lowest BCUT2D eigenvalue weighted by Gasteiger charge is -2.39. The number of carboxylic acids is 1. The highest BCUT2D eigenvalue weighted by atomic mass is 35.5. The van der Waals surface area contributed by atoms with E-state index in [1.165, 1.54) is 30.8 Å². The number of halogens is 7. The number of carbonyl (C=O) groups excluding carboxylic acids is 1. The molecule has 0 bridgehead atoms. The number of amides is 1. The van der Waals surface area contributed by atoms with E-state index in [0.717, 1.165) is 48.3 Å². The average Bonchev–Trinajstić information content (AvgIpc) is 3.75. The molecule has 20 heteroatoms. The van der Waals surface area contributed by atoms with Gasteiger partial charge in [0.1, 0.15) is 12.7 Å². The van der Waals surface area contributed by atoms with Crippen molar-refractivity contribution in [1.29, 1.82) is 0 Å². The first-order valence-corrected chi connectivity index (χ1v) is 17.8. The van der Waals surface area contributed by atoms with Crippen molar-refractivity contribution in [3.8, 4) is 22.8 Å². The zero-order chi connectivity index (χ0) is 42.1. The van der Waals surface area contributed by atoms with E-state index in [-0.39, 0.29) is 31.8 Å². The van der Waals surface area contributed by atoms with Gasteiger partial charge >= 0.3 is 18.3 Å². The van der Waals surface area contributed by atoms with Crippen molar-refractivity contribution < 1.29 is 41.0 Å². The number of rotatable bonds is 10. The second-order valence-electron chi connectivity index (χ2n) is 14.4. The Hall–Kier alpha value is -5.11. The smallest absolute Gasteiger partial charge is 0.416 e. The van der Waals surface area contributed by atoms with Crippen LogP contribution in [-0.4, -0.2) is 129 Å². The van der Waals surface area contributed by atoms with Gasteiger partial charge in [-0.05, 0) is 78.3 Å². The Kier molecular flexibility index (Phi) is 18.5. The van der Waals surface area contributed by atoms with Crippen molar-refractivity contribution >= 4 is 36.7 Å². The first kappa shape index (κ1) is 50.0. The van der Waals surface area contributed by atoms with Crippen LogP contribution in [0.15, 0.2) is 61.2 Å². The predicted molar refractivity (Wildman–Crippen MR) is 216 cm³/mol. The van der Waals surface area contributed by atoms with Gasteiger partial charge in [0, 0.05) is 80.9 Å². The van der Waals surface area contributed by atoms with E-state index in [1.54, 1.807) is 23.3 Å². The maximum atomic E-state index is 12.8. The summed E-state index contributed by atoms with van der Waals surface area (Å²) in [5.74, 6) is 0.462. The zero-order valence-corrected chi connectivity index (χ0v) is 33.6. The summed E-state index contributed by atoms with van der Waals surface area (Å²) in [6, 6.07) is 7.20. The SMILES string of the molecule is C.CN(C)CC1CNC1.Cc1cc(C)cc(-c2ncn(/C=C\C(=O)N3CC(CN(C)C)C3)n2)c1.Cl.O=C(O)/C=C\n1cnc(-c2cc(C(F)(F)F)cc(C(F)(F)F)c2)n1. The van der Waals surface area contributed by atoms with Crippen LogP contribution >= 0.6 is 12.4 Å². The normalized spacial score (nSPS) is 14.5. The van der Waals surface area contributed by atoms with Gasteiger partial charge in [-0.2, -0.15) is 26.3 Å². The summed E-state index contributed by atoms with van der Waals surface area (Å²) in [7, 11) is 8.36. The number of benzene rings is 2. The minimum Gasteiger partial charge on any atom is -0.478 e. The summed E-state index contributed by atoms with van der Waals surface area (Å²) in [5.41, 5.74) is -0.136. The zero-order valence-electron chi connectivity index (χ0n) is 32.8. The van der Waals surface area contributed by atoms with Crippen molar-refractivity contribution in [2.24, 2.45) is 11.8 Å². The van der Waals surface area contributed by atoms with E-state index in [9.17, 15) is 35.9 Å². The molecule has 2 fully saturated rings. The standard InChI is InChI=1S/C19H25N5O.C13H7F6N3O2.C6H14N2.CH4.ClH/c1-14-7-15(2)9-17(8-14)19-20-13-24(21-19)6-5-18(25)23-11-16(12-23)10-22(3)4;14-12(15,16)8-3-7(4-9(5-8)13(17,18)19)11-20-6-22(21-11)2-1-10(23)24;1-8(2)5-6-3-7-4-6;;/h5-9,13,16H,10-12H2,1-4H3;1-6H,(H,23,24);6-7H,3-5H2,1-2H3;1H4;1H/b6-5-;2-1-;;;. The molecule has 0 atom stereocenters. The Morgan fingerprint density at radius 2 is 1.19 bits per heavy atom. The quantitative estimate of drug-likeness (QED) is 0.136. The maximum absolute atomic E-state index is 12.8. The van der Waals surface area contributed by atoms with E-state index >= 15 is 0 Å². The highest BCUT2D eigenvalue weighted by molar-refractivity contribution is 5.90. The molecule has 1 amide bonds. The number of aromatic nitrogens is 6. The molecule has 0 saturated carbocycles. The van der Waals surface area contributed by atoms with Gasteiger partial charge in [0.05, 0.1) is 11.1 Å². The minimum absolute atomic E-state index is 0. The van der Waals surface area contributed by atoms with Crippen LogP contribution in [0.1, 0.15) is 29.7 Å². The largest absolute Gasteiger partial charge is 0.478 e. The fraction of sp³-hybridized carbons (Fsp3) is 0.436. The van der Waals surface area contributed by atoms with Crippen LogP contribution in [0.4, 0.5) is 26.3 Å². The summed E-state index contributed by atoms with van der Waals surface area (Å²) in [6.45, 7) is 10.5. The summed E-state index contributed by atoms with van der Waals surface area (Å²) >= 11 is 0. The minimum atomic E-state index is -4.98. The molecule has 2 N–H and O–H groups in total. The summed E-state index contributed by atoms with van der Waals surface area (Å²) in [4.78, 5) is 36.7. The summed E-state index contributed by atoms with van der Waals surface area (Å²) in [6.07, 6.45) is -2.57. The Labute approximate surface area is 345 Å². The van der Waals surface area contributed by atoms with Gasteiger partial charge in [-0.1, -0.05) is 24.6 Å². The van der Waals surface area contributed by atoms with Crippen LogP contribution in [-0.2, 0) is 21.9 Å². The number of alkyl halides is 6. The molecule has 0 radical (unpaired) electrons. The Morgan fingerprint density at radius 1 is 0.746 bits per heavy atom. The lowest BCUT2D eigenvalue weighted by molar-refractivity contribution is -0.143. The molecule has 13 nitrogen and oxygen atoms in total. The number of hydrogen-bond acceptors (Lipinski definition) is 9. The number of nitrogens with one attached hydrogen (secondary N) is 1. The third kappa shape index (κ3) is 15.9. The number of hydrogen-bond donors (Lipinski definition) is 2. The molecule has 4 aromatic rings. The molecule has 4 heterocycles. The van der Waals surface area contributed by atoms with Crippen LogP contribution in [0.25, 0.3) is 35.2 Å². The summed E-state index contributed by atoms with van der Waals surface area (Å²) in [5, 5.41) is 19.7. The second-order valence-corrected chi connectivity index (χ2v) is 14.4. The molecule has 2 saturated heterocycles. The van der Waals surface area contributed by atoms with Crippen LogP contribution in [0.3, 0.4) is 0 Å². The number of nitrogens with zero attached hydrogens (tertiary/aromatic N) is 9. The van der Waals surface area contributed by atoms with Crippen LogP contribution in [0.2, 0.25) is 0 Å². The van der Waals surface area contributed by atoms with Gasteiger partial charge in [-0.25, -0.2) is 24.1 Å². The van der Waals surface area contributed by atoms with Gasteiger partial charge in [0.2, 0.25) is 5.91 Å². The molecular formula is C39H51ClF6N10O3. The van der Waals surface area contributed by atoms with Crippen molar-refractivity contribution in [2.45, 2.75) is 33.6 Å². The maximum Gasteiger partial charge on any atom is 0.416 e. The Balaban J connectivity index is 0.000000333. The molecular weight excluding hydrogens is 806 g/mol. The van der Waals surface area contributed by atoms with Gasteiger partial charge in [-0.15, -0.1) is 22.6 Å². The molecule has 0 unspecified atom stereocenters. The van der Waals surface area contributed by atoms with E-state index in [1.807, 2.05) is 4.90 Å². The van der Waals surface area contributed by atoms with E-state index in [2.05, 4.69) is 95.5 Å². The molecule has 2 aliphatic rings. The predicted octanol–water partition coefficient (Wildman–Crippen LogP) is 6.42. The van der Waals surface area contributed by atoms with Gasteiger partial charge in [0.15, 0.2) is 11.6 Å². The molecule has 0 aliphatic carbocycles. The number of likely N-dealkylation sites (tertiary alicyclic amines) is 1. The van der Waals surface area contributed by atoms with E-state index in [0.29, 0.717) is 30.0 Å². The molecule has 0 spiro atoms. The van der Waals surface area contributed by atoms with Gasteiger partial charge in [0.25, 0.3) is 0 Å². The third-order valence-corrected chi connectivity index (χ3v) is 8.46. The van der Waals surface area contributed by atoms with Crippen molar-refractivity contribution in [1.82, 2.24) is 49.5 Å². The molecule has 2 aromatic heterocycles. The second kappa shape index (κ2) is 21.8. The monoisotopic (exact) mass is 856 g/mol. The molecule has 2 aromatic carbocycles. The highest BCUT2D eigenvalue weighted by Gasteiger charge is 2.37. The first-order valence-electron chi connectivity index (χ1n) is 17.8. The lowest BCUT2D eigenvalue weighted by atomic mass is 10.00. The Bertz CT molecular complexity index is 1980. The highest BCUT2D eigenvalue weighted by Crippen LogP contribution is 2.38. The number of aryl methyl sites for hydroxylation is 2.